The van der Waals surface area contributed by atoms with Crippen LogP contribution in [0, 0.1) is 11.6 Å². The summed E-state index contributed by atoms with van der Waals surface area (Å²) >= 11 is 1.08. The van der Waals surface area contributed by atoms with Crippen LogP contribution in [-0.4, -0.2) is 5.11 Å². The minimum Gasteiger partial charge on any atom is -0.399 e. The van der Waals surface area contributed by atoms with Crippen LogP contribution < -0.4 is 5.73 Å². The summed E-state index contributed by atoms with van der Waals surface area (Å²) in [6.07, 6.45) is 0. The van der Waals surface area contributed by atoms with Gasteiger partial charge in [-0.25, -0.2) is 8.78 Å². The first-order valence-electron chi connectivity index (χ1n) is 5.66. The molecule has 3 N–H and O–H groups in total. The van der Waals surface area contributed by atoms with Crippen molar-refractivity contribution in [3.8, 4) is 0 Å². The summed E-state index contributed by atoms with van der Waals surface area (Å²) in [6, 6.07) is 9.44. The molecule has 2 nitrogen and oxygen atoms in total. The van der Waals surface area contributed by atoms with E-state index in [4.69, 9.17) is 10.8 Å². The van der Waals surface area contributed by atoms with Crippen molar-refractivity contribution in [3.63, 3.8) is 0 Å². The van der Waals surface area contributed by atoms with Gasteiger partial charge in [0.25, 0.3) is 0 Å². The number of nitrogen functional groups attached to an aromatic ring is 1. The topological polar surface area (TPSA) is 46.2 Å². The Kier molecular flexibility index (Phi) is 4.39. The minimum absolute atomic E-state index is 0.0192. The maximum absolute atomic E-state index is 13.6. The van der Waals surface area contributed by atoms with Gasteiger partial charge in [-0.15, -0.1) is 11.8 Å². The third kappa shape index (κ3) is 3.45. The number of aliphatic hydroxyl groups excluding tert-OH is 1. The molecule has 19 heavy (non-hydrogen) atoms. The summed E-state index contributed by atoms with van der Waals surface area (Å²) in [7, 11) is 0. The van der Waals surface area contributed by atoms with Gasteiger partial charge in [0.15, 0.2) is 0 Å². The molecule has 0 unspecified atom stereocenters. The van der Waals surface area contributed by atoms with Crippen molar-refractivity contribution < 1.29 is 13.9 Å². The zero-order chi connectivity index (χ0) is 13.8. The van der Waals surface area contributed by atoms with Gasteiger partial charge in [0.2, 0.25) is 0 Å². The molecule has 0 saturated carbocycles. The Hall–Kier alpha value is -1.59. The van der Waals surface area contributed by atoms with Crippen LogP contribution in [0.1, 0.15) is 11.1 Å². The molecule has 0 aliphatic heterocycles. The first-order valence-corrected chi connectivity index (χ1v) is 6.64. The average molecular weight is 281 g/mol. The number of aliphatic hydroxyl groups is 1. The molecule has 0 aliphatic rings. The quantitative estimate of drug-likeness (QED) is 0.667. The zero-order valence-electron chi connectivity index (χ0n) is 10.1. The van der Waals surface area contributed by atoms with Gasteiger partial charge in [0.05, 0.1) is 11.5 Å². The summed E-state index contributed by atoms with van der Waals surface area (Å²) in [4.78, 5) is -0.0274. The van der Waals surface area contributed by atoms with E-state index in [1.807, 2.05) is 12.1 Å². The van der Waals surface area contributed by atoms with E-state index in [-0.39, 0.29) is 17.2 Å². The fourth-order valence-electron chi connectivity index (χ4n) is 1.61. The second-order valence-corrected chi connectivity index (χ2v) is 5.06. The highest BCUT2D eigenvalue weighted by atomic mass is 32.2. The highest BCUT2D eigenvalue weighted by molar-refractivity contribution is 7.98. The number of thioether (sulfide) groups is 1. The molecule has 0 fully saturated rings. The molecule has 2 rings (SSSR count). The van der Waals surface area contributed by atoms with Crippen molar-refractivity contribution in [2.45, 2.75) is 17.3 Å². The number of hydrogen-bond acceptors (Lipinski definition) is 3. The molecule has 0 bridgehead atoms. The molecule has 100 valence electrons. The second-order valence-electron chi connectivity index (χ2n) is 4.08. The highest BCUT2D eigenvalue weighted by Gasteiger charge is 2.11. The van der Waals surface area contributed by atoms with Crippen LogP contribution in [0.4, 0.5) is 14.5 Å². The van der Waals surface area contributed by atoms with Crippen LogP contribution in [0.3, 0.4) is 0 Å². The molecule has 0 amide bonds. The Morgan fingerprint density at radius 3 is 2.05 bits per heavy atom. The van der Waals surface area contributed by atoms with Gasteiger partial charge in [-0.05, 0) is 23.3 Å². The van der Waals surface area contributed by atoms with Gasteiger partial charge in [-0.1, -0.05) is 24.3 Å². The average Bonchev–Trinajstić information content (AvgIpc) is 2.38. The smallest absolute Gasteiger partial charge is 0.141 e. The van der Waals surface area contributed by atoms with Crippen molar-refractivity contribution in [2.75, 3.05) is 5.73 Å². The predicted octanol–water partition coefficient (Wildman–Crippen LogP) is 3.33. The summed E-state index contributed by atoms with van der Waals surface area (Å²) in [5, 5.41) is 8.92. The Bertz CT molecular complexity index is 549. The van der Waals surface area contributed by atoms with E-state index < -0.39 is 11.6 Å². The lowest BCUT2D eigenvalue weighted by Crippen LogP contribution is -1.93. The molecular weight excluding hydrogens is 268 g/mol. The summed E-state index contributed by atoms with van der Waals surface area (Å²) in [5.74, 6) is -0.840. The molecule has 2 aromatic rings. The standard InChI is InChI=1S/C14H13F2NOS/c15-12-5-11(17)6-13(16)14(12)19-8-10-3-1-9(7-18)2-4-10/h1-6,18H,7-8,17H2. The van der Waals surface area contributed by atoms with Crippen molar-refractivity contribution in [3.05, 3.63) is 59.2 Å². The fourth-order valence-corrected chi connectivity index (χ4v) is 2.51. The number of hydrogen-bond donors (Lipinski definition) is 2. The molecule has 0 saturated heterocycles. The van der Waals surface area contributed by atoms with Gasteiger partial charge in [0.1, 0.15) is 11.6 Å². The number of rotatable bonds is 4. The summed E-state index contributed by atoms with van der Waals surface area (Å²) in [5.41, 5.74) is 7.16. The van der Waals surface area contributed by atoms with Gasteiger partial charge >= 0.3 is 0 Å². The third-order valence-electron chi connectivity index (χ3n) is 2.61. The van der Waals surface area contributed by atoms with Crippen molar-refractivity contribution in [1.29, 1.82) is 0 Å². The monoisotopic (exact) mass is 281 g/mol. The first-order chi connectivity index (χ1) is 9.10. The van der Waals surface area contributed by atoms with Crippen molar-refractivity contribution in [1.82, 2.24) is 0 Å². The number of anilines is 1. The number of nitrogens with two attached hydrogens (primary N) is 1. The molecule has 5 heteroatoms. The minimum atomic E-state index is -0.644. The Morgan fingerprint density at radius 1 is 1.00 bits per heavy atom. The summed E-state index contributed by atoms with van der Waals surface area (Å²) < 4.78 is 27.1. The van der Waals surface area contributed by atoms with E-state index in [0.29, 0.717) is 5.75 Å². The maximum atomic E-state index is 13.6. The largest absolute Gasteiger partial charge is 0.399 e. The van der Waals surface area contributed by atoms with Crippen molar-refractivity contribution >= 4 is 17.4 Å². The number of halogens is 2. The fraction of sp³-hybridized carbons (Fsp3) is 0.143. The Balaban J connectivity index is 2.10. The lowest BCUT2D eigenvalue weighted by atomic mass is 10.2. The van der Waals surface area contributed by atoms with Crippen molar-refractivity contribution in [2.24, 2.45) is 0 Å². The molecule has 2 aromatic carbocycles. The van der Waals surface area contributed by atoms with E-state index in [2.05, 4.69) is 0 Å². The van der Waals surface area contributed by atoms with Crippen LogP contribution in [0.15, 0.2) is 41.3 Å². The van der Waals surface area contributed by atoms with Crippen LogP contribution in [0.25, 0.3) is 0 Å². The van der Waals surface area contributed by atoms with Gasteiger partial charge < -0.3 is 10.8 Å². The second kappa shape index (κ2) is 6.04. The van der Waals surface area contributed by atoms with Gasteiger partial charge in [-0.2, -0.15) is 0 Å². The maximum Gasteiger partial charge on any atom is 0.141 e. The lowest BCUT2D eigenvalue weighted by Gasteiger charge is -2.06. The molecule has 0 aliphatic carbocycles. The lowest BCUT2D eigenvalue weighted by molar-refractivity contribution is 0.282. The Labute approximate surface area is 114 Å². The molecule has 0 atom stereocenters. The van der Waals surface area contributed by atoms with Gasteiger partial charge in [-0.3, -0.25) is 0 Å². The number of benzene rings is 2. The van der Waals surface area contributed by atoms with Crippen LogP contribution in [-0.2, 0) is 12.4 Å². The van der Waals surface area contributed by atoms with E-state index >= 15 is 0 Å². The van der Waals surface area contributed by atoms with Crippen LogP contribution in [0.5, 0.6) is 0 Å². The normalized spacial score (nSPS) is 10.7. The highest BCUT2D eigenvalue weighted by Crippen LogP contribution is 2.29. The van der Waals surface area contributed by atoms with E-state index in [1.54, 1.807) is 12.1 Å². The molecular formula is C14H13F2NOS. The first kappa shape index (κ1) is 13.8. The van der Waals surface area contributed by atoms with E-state index in [0.717, 1.165) is 35.0 Å². The molecule has 0 aromatic heterocycles. The predicted molar refractivity (Wildman–Crippen MR) is 72.7 cm³/mol. The van der Waals surface area contributed by atoms with Crippen LogP contribution in [0.2, 0.25) is 0 Å². The molecule has 0 spiro atoms. The van der Waals surface area contributed by atoms with E-state index in [9.17, 15) is 8.78 Å². The van der Waals surface area contributed by atoms with E-state index in [1.165, 1.54) is 0 Å². The third-order valence-corrected chi connectivity index (χ3v) is 3.77. The molecule has 0 radical (unpaired) electrons. The SMILES string of the molecule is Nc1cc(F)c(SCc2ccc(CO)cc2)c(F)c1. The Morgan fingerprint density at radius 2 is 1.53 bits per heavy atom. The zero-order valence-corrected chi connectivity index (χ0v) is 10.9. The van der Waals surface area contributed by atoms with Gasteiger partial charge in [0, 0.05) is 11.4 Å². The molecule has 0 heterocycles. The van der Waals surface area contributed by atoms with Crippen LogP contribution >= 0.6 is 11.8 Å². The summed E-state index contributed by atoms with van der Waals surface area (Å²) in [6.45, 7) is -0.0192.